The fraction of sp³-hybridized carbons (Fsp3) is 0.714. The fourth-order valence-corrected chi connectivity index (χ4v) is 3.13. The Balaban J connectivity index is 1.77. The molecule has 1 aliphatic rings. The Labute approximate surface area is 124 Å². The van der Waals surface area contributed by atoms with Crippen LogP contribution in [0.1, 0.15) is 31.9 Å². The minimum Gasteiger partial charge on any atom is -0.469 e. The lowest BCUT2D eigenvalue weighted by molar-refractivity contribution is -0.139. The maximum Gasteiger partial charge on any atom is 0.311 e. The van der Waals surface area contributed by atoms with E-state index in [1.54, 1.807) is 11.3 Å². The molecule has 1 aromatic heterocycles. The van der Waals surface area contributed by atoms with Gasteiger partial charge in [-0.1, -0.05) is 6.42 Å². The molecule has 5 nitrogen and oxygen atoms in total. The number of hydrogen-bond acceptors (Lipinski definition) is 6. The molecular formula is C14H23N3O2S. The summed E-state index contributed by atoms with van der Waals surface area (Å²) in [5, 5.41) is 6.16. The van der Waals surface area contributed by atoms with E-state index in [2.05, 4.69) is 26.9 Å². The molecule has 2 rings (SSSR count). The van der Waals surface area contributed by atoms with Gasteiger partial charge in [-0.05, 0) is 32.9 Å². The second-order valence-corrected chi connectivity index (χ2v) is 6.08. The quantitative estimate of drug-likeness (QED) is 0.815. The molecule has 1 N–H and O–H groups in total. The van der Waals surface area contributed by atoms with E-state index < -0.39 is 0 Å². The summed E-state index contributed by atoms with van der Waals surface area (Å²) in [6.07, 6.45) is 4.23. The van der Waals surface area contributed by atoms with E-state index in [0.717, 1.165) is 17.4 Å². The summed E-state index contributed by atoms with van der Waals surface area (Å²) in [7, 11) is 1.40. The second-order valence-electron chi connectivity index (χ2n) is 5.22. The van der Waals surface area contributed by atoms with Gasteiger partial charge in [0.05, 0.1) is 19.2 Å². The van der Waals surface area contributed by atoms with Crippen LogP contribution in [0.5, 0.6) is 0 Å². The summed E-state index contributed by atoms with van der Waals surface area (Å²) >= 11 is 1.54. The number of thiazole rings is 1. The van der Waals surface area contributed by atoms with E-state index in [1.807, 2.05) is 5.38 Å². The van der Waals surface area contributed by atoms with Crippen LogP contribution < -0.4 is 5.32 Å². The minimum atomic E-state index is -0.247. The van der Waals surface area contributed by atoms with Crippen LogP contribution in [-0.4, -0.2) is 48.6 Å². The molecule has 2 heterocycles. The SMILES string of the molecule is COC(=O)Cc1csc(NCC(C)N2CCCCC2)n1. The monoisotopic (exact) mass is 297 g/mol. The molecule has 0 spiro atoms. The van der Waals surface area contributed by atoms with E-state index >= 15 is 0 Å². The van der Waals surface area contributed by atoms with Crippen molar-refractivity contribution in [2.45, 2.75) is 38.6 Å². The van der Waals surface area contributed by atoms with Crippen LogP contribution in [0.4, 0.5) is 5.13 Å². The number of carbonyl (C=O) groups excluding carboxylic acids is 1. The van der Waals surface area contributed by atoms with Gasteiger partial charge in [0.25, 0.3) is 0 Å². The first kappa shape index (κ1) is 15.3. The van der Waals surface area contributed by atoms with Gasteiger partial charge in [0.1, 0.15) is 0 Å². The molecule has 0 aromatic carbocycles. The van der Waals surface area contributed by atoms with Crippen LogP contribution in [0.25, 0.3) is 0 Å². The number of rotatable bonds is 6. The normalized spacial score (nSPS) is 17.7. The average Bonchev–Trinajstić information content (AvgIpc) is 2.93. The lowest BCUT2D eigenvalue weighted by Crippen LogP contribution is -2.41. The van der Waals surface area contributed by atoms with Gasteiger partial charge in [0.15, 0.2) is 5.13 Å². The Morgan fingerprint density at radius 1 is 1.50 bits per heavy atom. The topological polar surface area (TPSA) is 54.5 Å². The molecule has 1 atom stereocenters. The van der Waals surface area contributed by atoms with E-state index in [4.69, 9.17) is 0 Å². The fourth-order valence-electron chi connectivity index (χ4n) is 2.41. The van der Waals surface area contributed by atoms with E-state index in [9.17, 15) is 4.79 Å². The highest BCUT2D eigenvalue weighted by molar-refractivity contribution is 7.13. The molecule has 1 aliphatic heterocycles. The zero-order valence-electron chi connectivity index (χ0n) is 12.2. The molecule has 0 amide bonds. The van der Waals surface area contributed by atoms with Gasteiger partial charge in [-0.25, -0.2) is 4.98 Å². The lowest BCUT2D eigenvalue weighted by Gasteiger charge is -2.32. The molecule has 112 valence electrons. The van der Waals surface area contributed by atoms with Gasteiger partial charge >= 0.3 is 5.97 Å². The van der Waals surface area contributed by atoms with Crippen LogP contribution in [0.15, 0.2) is 5.38 Å². The Morgan fingerprint density at radius 3 is 2.95 bits per heavy atom. The summed E-state index contributed by atoms with van der Waals surface area (Å²) in [5.74, 6) is -0.247. The van der Waals surface area contributed by atoms with Crippen molar-refractivity contribution < 1.29 is 9.53 Å². The van der Waals surface area contributed by atoms with Crippen LogP contribution in [-0.2, 0) is 16.0 Å². The third-order valence-corrected chi connectivity index (χ3v) is 4.52. The Hall–Kier alpha value is -1.14. The van der Waals surface area contributed by atoms with E-state index in [1.165, 1.54) is 39.5 Å². The first-order chi connectivity index (χ1) is 9.69. The smallest absolute Gasteiger partial charge is 0.311 e. The first-order valence-electron chi connectivity index (χ1n) is 7.18. The van der Waals surface area contributed by atoms with Crippen LogP contribution in [0.3, 0.4) is 0 Å². The lowest BCUT2D eigenvalue weighted by atomic mass is 10.1. The number of ether oxygens (including phenoxy) is 1. The molecule has 1 aromatic rings. The van der Waals surface area contributed by atoms with Crippen molar-refractivity contribution in [3.05, 3.63) is 11.1 Å². The standard InChI is InChI=1S/C14H23N3O2S/c1-11(17-6-4-3-5-7-17)9-15-14-16-12(10-20-14)8-13(18)19-2/h10-11H,3-9H2,1-2H3,(H,15,16). The van der Waals surface area contributed by atoms with Crippen molar-refractivity contribution in [1.82, 2.24) is 9.88 Å². The highest BCUT2D eigenvalue weighted by atomic mass is 32.1. The van der Waals surface area contributed by atoms with Gasteiger partial charge in [-0.15, -0.1) is 11.3 Å². The molecule has 0 saturated carbocycles. The number of anilines is 1. The number of esters is 1. The molecule has 1 unspecified atom stereocenters. The number of nitrogens with zero attached hydrogens (tertiary/aromatic N) is 2. The van der Waals surface area contributed by atoms with E-state index in [0.29, 0.717) is 6.04 Å². The van der Waals surface area contributed by atoms with Crippen molar-refractivity contribution in [2.75, 3.05) is 32.1 Å². The number of hydrogen-bond donors (Lipinski definition) is 1. The molecule has 6 heteroatoms. The van der Waals surface area contributed by atoms with Gasteiger partial charge in [0, 0.05) is 18.0 Å². The summed E-state index contributed by atoms with van der Waals surface area (Å²) in [6, 6.07) is 0.517. The van der Waals surface area contributed by atoms with Crippen LogP contribution in [0.2, 0.25) is 0 Å². The van der Waals surface area contributed by atoms with Crippen LogP contribution in [0, 0.1) is 0 Å². The number of aromatic nitrogens is 1. The van der Waals surface area contributed by atoms with Gasteiger partial charge in [0.2, 0.25) is 0 Å². The highest BCUT2D eigenvalue weighted by Gasteiger charge is 2.16. The highest BCUT2D eigenvalue weighted by Crippen LogP contribution is 2.17. The molecule has 0 bridgehead atoms. The van der Waals surface area contributed by atoms with Crippen molar-refractivity contribution in [1.29, 1.82) is 0 Å². The number of piperidine rings is 1. The third-order valence-electron chi connectivity index (χ3n) is 3.67. The second kappa shape index (κ2) is 7.59. The number of likely N-dealkylation sites (tertiary alicyclic amines) is 1. The Bertz CT molecular complexity index is 430. The largest absolute Gasteiger partial charge is 0.469 e. The van der Waals surface area contributed by atoms with Crippen molar-refractivity contribution in [3.63, 3.8) is 0 Å². The van der Waals surface area contributed by atoms with Crippen molar-refractivity contribution in [2.24, 2.45) is 0 Å². The number of carbonyl (C=O) groups is 1. The summed E-state index contributed by atoms with van der Waals surface area (Å²) in [5.41, 5.74) is 0.773. The Kier molecular flexibility index (Phi) is 5.79. The number of methoxy groups -OCH3 is 1. The van der Waals surface area contributed by atoms with Crippen molar-refractivity contribution in [3.8, 4) is 0 Å². The van der Waals surface area contributed by atoms with E-state index in [-0.39, 0.29) is 12.4 Å². The summed E-state index contributed by atoms with van der Waals surface area (Å²) in [4.78, 5) is 18.1. The predicted molar refractivity (Wildman–Crippen MR) is 81.2 cm³/mol. The van der Waals surface area contributed by atoms with Gasteiger partial charge in [-0.2, -0.15) is 0 Å². The molecule has 1 fully saturated rings. The molecule has 20 heavy (non-hydrogen) atoms. The summed E-state index contributed by atoms with van der Waals surface area (Å²) in [6.45, 7) is 5.55. The average molecular weight is 297 g/mol. The molecule has 0 aliphatic carbocycles. The zero-order valence-corrected chi connectivity index (χ0v) is 13.0. The molecule has 0 radical (unpaired) electrons. The number of nitrogens with one attached hydrogen (secondary N) is 1. The maximum absolute atomic E-state index is 11.2. The van der Waals surface area contributed by atoms with Crippen LogP contribution >= 0.6 is 11.3 Å². The van der Waals surface area contributed by atoms with Crippen molar-refractivity contribution >= 4 is 22.4 Å². The Morgan fingerprint density at radius 2 is 2.25 bits per heavy atom. The molecule has 1 saturated heterocycles. The molecular weight excluding hydrogens is 274 g/mol. The predicted octanol–water partition coefficient (Wildman–Crippen LogP) is 2.14. The minimum absolute atomic E-state index is 0.246. The van der Waals surface area contributed by atoms with Gasteiger partial charge in [-0.3, -0.25) is 9.69 Å². The zero-order chi connectivity index (χ0) is 14.4. The maximum atomic E-state index is 11.2. The summed E-state index contributed by atoms with van der Waals surface area (Å²) < 4.78 is 4.64. The first-order valence-corrected chi connectivity index (χ1v) is 8.06. The third kappa shape index (κ3) is 4.45. The van der Waals surface area contributed by atoms with Gasteiger partial charge < -0.3 is 10.1 Å².